The summed E-state index contributed by atoms with van der Waals surface area (Å²) < 4.78 is 24.5. The van der Waals surface area contributed by atoms with E-state index in [-0.39, 0.29) is 11.6 Å². The molecule has 0 saturated carbocycles. The number of aromatic nitrogens is 2. The van der Waals surface area contributed by atoms with Gasteiger partial charge in [-0.3, -0.25) is 0 Å². The number of nitrogen functional groups attached to an aromatic ring is 1. The van der Waals surface area contributed by atoms with Crippen LogP contribution < -0.4 is 10.5 Å². The molecule has 0 unspecified atom stereocenters. The zero-order valence-corrected chi connectivity index (χ0v) is 15.0. The maximum atomic E-state index is 13.6. The average molecular weight is 375 g/mol. The molecule has 0 radical (unpaired) electrons. The molecule has 0 bridgehead atoms. The summed E-state index contributed by atoms with van der Waals surface area (Å²) in [6.07, 6.45) is 2.26. The molecule has 0 aliphatic heterocycles. The van der Waals surface area contributed by atoms with E-state index in [9.17, 15) is 4.39 Å². The first-order valence-electron chi connectivity index (χ1n) is 8.80. The van der Waals surface area contributed by atoms with E-state index in [4.69, 9.17) is 15.0 Å². The number of halogens is 1. The van der Waals surface area contributed by atoms with Crippen molar-refractivity contribution >= 4 is 5.82 Å². The monoisotopic (exact) mass is 375 g/mol. The molecule has 0 spiro atoms. The fraction of sp³-hybridized carbons (Fsp3) is 0.0909. The molecule has 0 amide bonds. The average Bonchev–Trinajstić information content (AvgIpc) is 3.17. The number of pyridine rings is 1. The Morgan fingerprint density at radius 2 is 1.75 bits per heavy atom. The topological polar surface area (TPSA) is 74.2 Å². The minimum atomic E-state index is -0.366. The van der Waals surface area contributed by atoms with Gasteiger partial charge in [0, 0.05) is 18.7 Å². The summed E-state index contributed by atoms with van der Waals surface area (Å²) in [5.41, 5.74) is 9.43. The van der Waals surface area contributed by atoms with Crippen LogP contribution in [0.5, 0.6) is 5.75 Å². The second-order valence-corrected chi connectivity index (χ2v) is 6.33. The number of benzene rings is 2. The van der Waals surface area contributed by atoms with E-state index in [1.165, 1.54) is 6.07 Å². The van der Waals surface area contributed by atoms with Gasteiger partial charge >= 0.3 is 0 Å². The first kappa shape index (κ1) is 17.7. The van der Waals surface area contributed by atoms with Crippen molar-refractivity contribution in [1.29, 1.82) is 0 Å². The van der Waals surface area contributed by atoms with Gasteiger partial charge in [0.1, 0.15) is 12.4 Å². The van der Waals surface area contributed by atoms with Crippen molar-refractivity contribution in [2.45, 2.75) is 13.0 Å². The molecule has 2 heterocycles. The summed E-state index contributed by atoms with van der Waals surface area (Å²) >= 11 is 0. The first-order chi connectivity index (χ1) is 13.7. The summed E-state index contributed by atoms with van der Waals surface area (Å²) in [5, 5.41) is 4.11. The molecule has 0 aliphatic carbocycles. The molecule has 0 aliphatic rings. The number of hydrogen-bond acceptors (Lipinski definition) is 5. The van der Waals surface area contributed by atoms with E-state index in [1.807, 2.05) is 36.4 Å². The molecular weight excluding hydrogens is 357 g/mol. The lowest BCUT2D eigenvalue weighted by Crippen LogP contribution is -1.97. The summed E-state index contributed by atoms with van der Waals surface area (Å²) in [7, 11) is 0. The fourth-order valence-corrected chi connectivity index (χ4v) is 2.83. The van der Waals surface area contributed by atoms with Crippen molar-refractivity contribution in [3.63, 3.8) is 0 Å². The lowest BCUT2D eigenvalue weighted by atomic mass is 10.1. The van der Waals surface area contributed by atoms with E-state index >= 15 is 0 Å². The van der Waals surface area contributed by atoms with Crippen molar-refractivity contribution in [2.24, 2.45) is 0 Å². The number of ether oxygens (including phenoxy) is 1. The number of anilines is 1. The number of hydrogen-bond donors (Lipinski definition) is 1. The van der Waals surface area contributed by atoms with E-state index in [0.29, 0.717) is 24.6 Å². The highest BCUT2D eigenvalue weighted by Crippen LogP contribution is 2.25. The normalized spacial score (nSPS) is 10.8. The maximum absolute atomic E-state index is 13.6. The van der Waals surface area contributed by atoms with Crippen molar-refractivity contribution in [3.8, 4) is 17.1 Å². The van der Waals surface area contributed by atoms with Gasteiger partial charge in [0.15, 0.2) is 17.3 Å². The van der Waals surface area contributed by atoms with Crippen molar-refractivity contribution in [1.82, 2.24) is 10.1 Å². The van der Waals surface area contributed by atoms with Gasteiger partial charge < -0.3 is 15.0 Å². The molecule has 2 N–H and O–H groups in total. The second kappa shape index (κ2) is 7.92. The van der Waals surface area contributed by atoms with E-state index in [0.717, 1.165) is 22.4 Å². The second-order valence-electron chi connectivity index (χ2n) is 6.33. The quantitative estimate of drug-likeness (QED) is 0.532. The van der Waals surface area contributed by atoms with Crippen molar-refractivity contribution in [3.05, 3.63) is 95.6 Å². The molecule has 0 saturated heterocycles. The SMILES string of the molecule is Nc1ncccc1-c1cc(Cc2ccc(COc3ccccc3F)cc2)no1. The third-order valence-electron chi connectivity index (χ3n) is 4.30. The highest BCUT2D eigenvalue weighted by atomic mass is 19.1. The smallest absolute Gasteiger partial charge is 0.170 e. The van der Waals surface area contributed by atoms with Crippen LogP contribution in [-0.2, 0) is 13.0 Å². The molecule has 140 valence electrons. The molecule has 28 heavy (non-hydrogen) atoms. The zero-order chi connectivity index (χ0) is 19.3. The van der Waals surface area contributed by atoms with Crippen LogP contribution in [0.15, 0.2) is 77.4 Å². The van der Waals surface area contributed by atoms with Gasteiger partial charge in [-0.05, 0) is 35.4 Å². The van der Waals surface area contributed by atoms with Crippen LogP contribution >= 0.6 is 0 Å². The van der Waals surface area contributed by atoms with Crippen LogP contribution in [0.3, 0.4) is 0 Å². The molecule has 2 aromatic heterocycles. The Morgan fingerprint density at radius 3 is 2.54 bits per heavy atom. The standard InChI is InChI=1S/C22H18FN3O2/c23-19-5-1-2-6-20(19)27-14-16-9-7-15(8-10-16)12-17-13-21(28-26-17)18-4-3-11-25-22(18)24/h1-11,13H,12,14H2,(H2,24,25). The number of para-hydroxylation sites is 1. The highest BCUT2D eigenvalue weighted by Gasteiger charge is 2.11. The van der Waals surface area contributed by atoms with Crippen LogP contribution in [-0.4, -0.2) is 10.1 Å². The van der Waals surface area contributed by atoms with E-state index < -0.39 is 0 Å². The fourth-order valence-electron chi connectivity index (χ4n) is 2.83. The van der Waals surface area contributed by atoms with Crippen LogP contribution in [0.25, 0.3) is 11.3 Å². The largest absolute Gasteiger partial charge is 0.486 e. The number of rotatable bonds is 6. The Kier molecular flexibility index (Phi) is 5.01. The third-order valence-corrected chi connectivity index (χ3v) is 4.30. The van der Waals surface area contributed by atoms with Crippen LogP contribution in [0.1, 0.15) is 16.8 Å². The molecule has 2 aromatic carbocycles. The minimum absolute atomic E-state index is 0.247. The third kappa shape index (κ3) is 4.01. The van der Waals surface area contributed by atoms with Crippen LogP contribution in [0.2, 0.25) is 0 Å². The van der Waals surface area contributed by atoms with Gasteiger partial charge in [-0.15, -0.1) is 0 Å². The predicted octanol–water partition coefficient (Wildman–Crippen LogP) is 4.63. The van der Waals surface area contributed by atoms with E-state index in [1.54, 1.807) is 30.5 Å². The van der Waals surface area contributed by atoms with Gasteiger partial charge in [0.05, 0.1) is 11.3 Å². The Hall–Kier alpha value is -3.67. The molecule has 0 atom stereocenters. The Morgan fingerprint density at radius 1 is 0.964 bits per heavy atom. The minimum Gasteiger partial charge on any atom is -0.486 e. The van der Waals surface area contributed by atoms with Gasteiger partial charge in [0.2, 0.25) is 0 Å². The van der Waals surface area contributed by atoms with Gasteiger partial charge in [-0.2, -0.15) is 0 Å². The summed E-state index contributed by atoms with van der Waals surface area (Å²) in [6, 6.07) is 19.8. The maximum Gasteiger partial charge on any atom is 0.170 e. The van der Waals surface area contributed by atoms with Gasteiger partial charge in [-0.25, -0.2) is 9.37 Å². The number of nitrogens with zero attached hydrogens (tertiary/aromatic N) is 2. The van der Waals surface area contributed by atoms with Crippen LogP contribution in [0.4, 0.5) is 10.2 Å². The molecule has 0 fully saturated rings. The lowest BCUT2D eigenvalue weighted by Gasteiger charge is -2.07. The Bertz CT molecular complexity index is 1080. The summed E-state index contributed by atoms with van der Waals surface area (Å²) in [5.74, 6) is 0.881. The summed E-state index contributed by atoms with van der Waals surface area (Å²) in [6.45, 7) is 0.301. The van der Waals surface area contributed by atoms with Gasteiger partial charge in [0.25, 0.3) is 0 Å². The van der Waals surface area contributed by atoms with Gasteiger partial charge in [-0.1, -0.05) is 41.6 Å². The Balaban J connectivity index is 1.40. The van der Waals surface area contributed by atoms with Crippen molar-refractivity contribution < 1.29 is 13.7 Å². The highest BCUT2D eigenvalue weighted by molar-refractivity contribution is 5.69. The summed E-state index contributed by atoms with van der Waals surface area (Å²) in [4.78, 5) is 4.06. The lowest BCUT2D eigenvalue weighted by molar-refractivity contribution is 0.290. The van der Waals surface area contributed by atoms with E-state index in [2.05, 4.69) is 10.1 Å². The van der Waals surface area contributed by atoms with Crippen LogP contribution in [0, 0.1) is 5.82 Å². The molecule has 6 heteroatoms. The zero-order valence-electron chi connectivity index (χ0n) is 15.0. The Labute approximate surface area is 161 Å². The number of nitrogens with two attached hydrogens (primary N) is 1. The molecule has 4 aromatic rings. The first-order valence-corrected chi connectivity index (χ1v) is 8.80. The van der Waals surface area contributed by atoms with Crippen molar-refractivity contribution in [2.75, 3.05) is 5.73 Å². The molecule has 5 nitrogen and oxygen atoms in total. The molecule has 4 rings (SSSR count). The molecular formula is C22H18FN3O2. The predicted molar refractivity (Wildman–Crippen MR) is 104 cm³/mol.